The molecule has 0 radical (unpaired) electrons. The molecule has 0 heterocycles. The molecule has 0 saturated carbocycles. The number of hydrogen-bond donors (Lipinski definition) is 1. The third-order valence-corrected chi connectivity index (χ3v) is 3.42. The van der Waals surface area contributed by atoms with E-state index >= 15 is 0 Å². The molecule has 2 rings (SSSR count). The van der Waals surface area contributed by atoms with Crippen molar-refractivity contribution >= 4 is 17.4 Å². The van der Waals surface area contributed by atoms with Crippen molar-refractivity contribution in [3.05, 3.63) is 53.6 Å². The molecule has 23 heavy (non-hydrogen) atoms. The van der Waals surface area contributed by atoms with E-state index < -0.39 is 0 Å². The number of hydrogen-bond acceptors (Lipinski definition) is 4. The molecule has 120 valence electrons. The molecular formula is C18H19NO4. The van der Waals surface area contributed by atoms with Gasteiger partial charge >= 0.3 is 0 Å². The Bertz CT molecular complexity index is 725. The van der Waals surface area contributed by atoms with E-state index in [2.05, 4.69) is 5.32 Å². The minimum absolute atomic E-state index is 0.0974. The number of ether oxygens (including phenoxy) is 2. The number of rotatable bonds is 6. The topological polar surface area (TPSA) is 64.6 Å². The Morgan fingerprint density at radius 3 is 2.43 bits per heavy atom. The highest BCUT2D eigenvalue weighted by Crippen LogP contribution is 2.25. The second kappa shape index (κ2) is 7.45. The Labute approximate surface area is 135 Å². The van der Waals surface area contributed by atoms with E-state index in [-0.39, 0.29) is 18.1 Å². The summed E-state index contributed by atoms with van der Waals surface area (Å²) in [4.78, 5) is 23.9. The van der Waals surface area contributed by atoms with E-state index in [1.807, 2.05) is 0 Å². The van der Waals surface area contributed by atoms with Gasteiger partial charge in [0.05, 0.1) is 26.3 Å². The molecule has 0 aromatic heterocycles. The minimum atomic E-state index is -0.231. The van der Waals surface area contributed by atoms with Crippen molar-refractivity contribution in [2.24, 2.45) is 0 Å². The summed E-state index contributed by atoms with van der Waals surface area (Å²) in [7, 11) is 3.11. The molecule has 1 amide bonds. The van der Waals surface area contributed by atoms with Gasteiger partial charge in [0.15, 0.2) is 5.78 Å². The average molecular weight is 313 g/mol. The lowest BCUT2D eigenvalue weighted by Crippen LogP contribution is -2.16. The van der Waals surface area contributed by atoms with Crippen LogP contribution in [-0.2, 0) is 11.2 Å². The molecule has 0 bridgehead atoms. The van der Waals surface area contributed by atoms with E-state index in [1.54, 1.807) is 56.7 Å². The van der Waals surface area contributed by atoms with E-state index in [0.29, 0.717) is 28.3 Å². The van der Waals surface area contributed by atoms with Crippen LogP contribution in [0, 0.1) is 0 Å². The molecule has 5 heteroatoms. The second-order valence-corrected chi connectivity index (χ2v) is 5.00. The zero-order valence-corrected chi connectivity index (χ0v) is 13.4. The summed E-state index contributed by atoms with van der Waals surface area (Å²) in [6.45, 7) is 1.47. The summed E-state index contributed by atoms with van der Waals surface area (Å²) in [5.41, 5.74) is 1.70. The molecule has 5 nitrogen and oxygen atoms in total. The molecule has 0 atom stereocenters. The first-order valence-electron chi connectivity index (χ1n) is 7.16. The van der Waals surface area contributed by atoms with Crippen LogP contribution in [-0.4, -0.2) is 25.9 Å². The fourth-order valence-corrected chi connectivity index (χ4v) is 2.29. The van der Waals surface area contributed by atoms with Crippen LogP contribution in [0.2, 0.25) is 0 Å². The van der Waals surface area contributed by atoms with Crippen molar-refractivity contribution in [2.75, 3.05) is 19.5 Å². The number of benzene rings is 2. The van der Waals surface area contributed by atoms with Gasteiger partial charge < -0.3 is 14.8 Å². The predicted octanol–water partition coefficient (Wildman–Crippen LogP) is 3.09. The Kier molecular flexibility index (Phi) is 5.36. The first kappa shape index (κ1) is 16.5. The maximum Gasteiger partial charge on any atom is 0.228 e. The number of anilines is 1. The molecule has 0 aliphatic heterocycles. The van der Waals surface area contributed by atoms with Gasteiger partial charge in [0.1, 0.15) is 11.5 Å². The quantitative estimate of drug-likeness (QED) is 0.832. The molecule has 0 aliphatic carbocycles. The number of methoxy groups -OCH3 is 2. The van der Waals surface area contributed by atoms with Gasteiger partial charge in [-0.1, -0.05) is 12.1 Å². The monoisotopic (exact) mass is 313 g/mol. The minimum Gasteiger partial charge on any atom is -0.497 e. The summed E-state index contributed by atoms with van der Waals surface area (Å²) in [6.07, 6.45) is 0.118. The molecule has 1 N–H and O–H groups in total. The lowest BCUT2D eigenvalue weighted by Gasteiger charge is -2.12. The summed E-state index contributed by atoms with van der Waals surface area (Å²) >= 11 is 0. The highest BCUT2D eigenvalue weighted by atomic mass is 16.5. The highest BCUT2D eigenvalue weighted by molar-refractivity contribution is 6.04. The maximum absolute atomic E-state index is 12.3. The van der Waals surface area contributed by atoms with Crippen LogP contribution in [0.25, 0.3) is 0 Å². The zero-order chi connectivity index (χ0) is 16.8. The van der Waals surface area contributed by atoms with Crippen LogP contribution in [0.5, 0.6) is 11.5 Å². The van der Waals surface area contributed by atoms with Crippen LogP contribution >= 0.6 is 0 Å². The zero-order valence-electron chi connectivity index (χ0n) is 13.4. The summed E-state index contributed by atoms with van der Waals surface area (Å²) in [5.74, 6) is 0.934. The molecule has 0 fully saturated rings. The largest absolute Gasteiger partial charge is 0.497 e. The van der Waals surface area contributed by atoms with Gasteiger partial charge in [0.2, 0.25) is 5.91 Å². The third kappa shape index (κ3) is 4.10. The Balaban J connectivity index is 2.19. The van der Waals surface area contributed by atoms with Gasteiger partial charge in [-0.05, 0) is 37.3 Å². The molecule has 2 aromatic rings. The van der Waals surface area contributed by atoms with Crippen molar-refractivity contribution in [1.29, 1.82) is 0 Å². The second-order valence-electron chi connectivity index (χ2n) is 5.00. The molecule has 0 unspecified atom stereocenters. The lowest BCUT2D eigenvalue weighted by atomic mass is 10.1. The fraction of sp³-hybridized carbons (Fsp3) is 0.222. The highest BCUT2D eigenvalue weighted by Gasteiger charge is 2.13. The van der Waals surface area contributed by atoms with Crippen LogP contribution in [0.4, 0.5) is 5.69 Å². The Hall–Kier alpha value is -2.82. The first-order valence-corrected chi connectivity index (χ1v) is 7.16. The van der Waals surface area contributed by atoms with E-state index in [9.17, 15) is 9.59 Å². The molecular weight excluding hydrogens is 294 g/mol. The van der Waals surface area contributed by atoms with Gasteiger partial charge in [0, 0.05) is 11.1 Å². The molecule has 0 aliphatic rings. The number of nitrogens with one attached hydrogen (secondary N) is 1. The molecule has 0 spiro atoms. The van der Waals surface area contributed by atoms with Crippen LogP contribution in [0.1, 0.15) is 22.8 Å². The Morgan fingerprint density at radius 1 is 1.04 bits per heavy atom. The van der Waals surface area contributed by atoms with E-state index in [1.165, 1.54) is 6.92 Å². The number of ketones is 1. The standard InChI is InChI=1S/C18H19NO4/c1-12(20)15-6-4-5-7-16(15)19-18(21)11-13-10-14(22-2)8-9-17(13)23-3/h4-10H,11H2,1-3H3,(H,19,21). The lowest BCUT2D eigenvalue weighted by molar-refractivity contribution is -0.115. The third-order valence-electron chi connectivity index (χ3n) is 3.42. The van der Waals surface area contributed by atoms with Crippen molar-refractivity contribution < 1.29 is 19.1 Å². The Morgan fingerprint density at radius 2 is 1.78 bits per heavy atom. The van der Waals surface area contributed by atoms with E-state index in [0.717, 1.165) is 0 Å². The van der Waals surface area contributed by atoms with Crippen LogP contribution in [0.3, 0.4) is 0 Å². The van der Waals surface area contributed by atoms with Crippen molar-refractivity contribution in [3.8, 4) is 11.5 Å². The van der Waals surface area contributed by atoms with Gasteiger partial charge in [-0.15, -0.1) is 0 Å². The molecule has 2 aromatic carbocycles. The van der Waals surface area contributed by atoms with Gasteiger partial charge in [-0.2, -0.15) is 0 Å². The van der Waals surface area contributed by atoms with E-state index in [4.69, 9.17) is 9.47 Å². The van der Waals surface area contributed by atoms with Crippen molar-refractivity contribution in [2.45, 2.75) is 13.3 Å². The van der Waals surface area contributed by atoms with Gasteiger partial charge in [0.25, 0.3) is 0 Å². The average Bonchev–Trinajstić information content (AvgIpc) is 2.55. The predicted molar refractivity (Wildman–Crippen MR) is 88.3 cm³/mol. The summed E-state index contributed by atoms with van der Waals surface area (Å²) in [6, 6.07) is 12.2. The van der Waals surface area contributed by atoms with Gasteiger partial charge in [-0.3, -0.25) is 9.59 Å². The summed E-state index contributed by atoms with van der Waals surface area (Å²) < 4.78 is 10.4. The number of para-hydroxylation sites is 1. The van der Waals surface area contributed by atoms with Crippen molar-refractivity contribution in [3.63, 3.8) is 0 Å². The van der Waals surface area contributed by atoms with Gasteiger partial charge in [-0.25, -0.2) is 0 Å². The smallest absolute Gasteiger partial charge is 0.228 e. The van der Waals surface area contributed by atoms with Crippen molar-refractivity contribution in [1.82, 2.24) is 0 Å². The number of Topliss-reactive ketones (excluding diaryl/α,β-unsaturated/α-hetero) is 1. The van der Waals surface area contributed by atoms with Crippen LogP contribution in [0.15, 0.2) is 42.5 Å². The number of carbonyl (C=O) groups is 2. The SMILES string of the molecule is COc1ccc(OC)c(CC(=O)Nc2ccccc2C(C)=O)c1. The fourth-order valence-electron chi connectivity index (χ4n) is 2.29. The molecule has 0 saturated heterocycles. The number of amides is 1. The van der Waals surface area contributed by atoms with Crippen LogP contribution < -0.4 is 14.8 Å². The summed E-state index contributed by atoms with van der Waals surface area (Å²) in [5, 5.41) is 2.77. The number of carbonyl (C=O) groups excluding carboxylic acids is 2. The maximum atomic E-state index is 12.3. The first-order chi connectivity index (χ1) is 11.0. The normalized spacial score (nSPS) is 10.0.